The second kappa shape index (κ2) is 7.74. The Kier molecular flexibility index (Phi) is 5.97. The first-order chi connectivity index (χ1) is 10.0. The van der Waals surface area contributed by atoms with E-state index in [0.29, 0.717) is 6.04 Å². The molecule has 0 saturated carbocycles. The molecule has 2 nitrogen and oxygen atoms in total. The van der Waals surface area contributed by atoms with Gasteiger partial charge in [0, 0.05) is 35.4 Å². The first-order valence-corrected chi connectivity index (χ1v) is 8.40. The molecule has 1 aromatic carbocycles. The molecule has 21 heavy (non-hydrogen) atoms. The van der Waals surface area contributed by atoms with Gasteiger partial charge >= 0.3 is 0 Å². The molecule has 3 heteroatoms. The Morgan fingerprint density at radius 2 is 1.86 bits per heavy atom. The molecule has 114 valence electrons. The Labute approximate surface area is 132 Å². The molecule has 0 atom stereocenters. The number of hydrogen-bond acceptors (Lipinski definition) is 3. The average molecular weight is 302 g/mol. The van der Waals surface area contributed by atoms with E-state index in [2.05, 4.69) is 74.4 Å². The van der Waals surface area contributed by atoms with Crippen LogP contribution in [0.25, 0.3) is 0 Å². The molecule has 0 fully saturated rings. The molecule has 0 bridgehead atoms. The van der Waals surface area contributed by atoms with E-state index in [1.807, 2.05) is 11.3 Å². The van der Waals surface area contributed by atoms with Crippen LogP contribution >= 0.6 is 11.3 Å². The summed E-state index contributed by atoms with van der Waals surface area (Å²) in [6, 6.07) is 13.9. The Morgan fingerprint density at radius 3 is 2.52 bits per heavy atom. The maximum atomic E-state index is 3.53. The monoisotopic (exact) mass is 302 g/mol. The number of aryl methyl sites for hydroxylation is 1. The summed E-state index contributed by atoms with van der Waals surface area (Å²) < 4.78 is 0. The lowest BCUT2D eigenvalue weighted by molar-refractivity contribution is 0.266. The molecule has 0 aliphatic heterocycles. The van der Waals surface area contributed by atoms with Crippen LogP contribution in [0.15, 0.2) is 36.4 Å². The third-order valence-corrected chi connectivity index (χ3v) is 4.73. The third-order valence-electron chi connectivity index (χ3n) is 3.73. The van der Waals surface area contributed by atoms with Crippen LogP contribution in [0.4, 0.5) is 0 Å². The van der Waals surface area contributed by atoms with Crippen molar-refractivity contribution in [3.05, 3.63) is 57.3 Å². The van der Waals surface area contributed by atoms with E-state index in [1.165, 1.54) is 20.9 Å². The van der Waals surface area contributed by atoms with E-state index in [9.17, 15) is 0 Å². The minimum atomic E-state index is 0.578. The maximum absolute atomic E-state index is 3.53. The number of rotatable bonds is 7. The first kappa shape index (κ1) is 16.2. The highest BCUT2D eigenvalue weighted by Crippen LogP contribution is 2.15. The Morgan fingerprint density at radius 1 is 1.10 bits per heavy atom. The quantitative estimate of drug-likeness (QED) is 0.825. The molecular formula is C18H26N2S. The van der Waals surface area contributed by atoms with Gasteiger partial charge in [0.25, 0.3) is 0 Å². The lowest BCUT2D eigenvalue weighted by Gasteiger charge is -2.21. The highest BCUT2D eigenvalue weighted by atomic mass is 32.1. The lowest BCUT2D eigenvalue weighted by Crippen LogP contribution is -2.25. The van der Waals surface area contributed by atoms with Gasteiger partial charge in [-0.3, -0.25) is 4.90 Å². The zero-order valence-corrected chi connectivity index (χ0v) is 14.3. The van der Waals surface area contributed by atoms with Gasteiger partial charge in [-0.2, -0.15) is 0 Å². The third kappa shape index (κ3) is 5.27. The van der Waals surface area contributed by atoms with Crippen LogP contribution in [0.5, 0.6) is 0 Å². The van der Waals surface area contributed by atoms with Gasteiger partial charge in [0.15, 0.2) is 0 Å². The number of benzene rings is 1. The van der Waals surface area contributed by atoms with Crippen molar-refractivity contribution >= 4 is 11.3 Å². The summed E-state index contributed by atoms with van der Waals surface area (Å²) in [5.74, 6) is 0. The fraction of sp³-hybridized carbons (Fsp3) is 0.444. The van der Waals surface area contributed by atoms with E-state index in [0.717, 1.165) is 19.6 Å². The summed E-state index contributed by atoms with van der Waals surface area (Å²) in [5, 5.41) is 3.53. The molecule has 0 radical (unpaired) electrons. The van der Waals surface area contributed by atoms with Crippen LogP contribution in [0.3, 0.4) is 0 Å². The van der Waals surface area contributed by atoms with E-state index in [-0.39, 0.29) is 0 Å². The van der Waals surface area contributed by atoms with Gasteiger partial charge in [-0.25, -0.2) is 0 Å². The Balaban J connectivity index is 1.86. The van der Waals surface area contributed by atoms with E-state index in [4.69, 9.17) is 0 Å². The van der Waals surface area contributed by atoms with Crippen LogP contribution in [0.1, 0.15) is 34.7 Å². The van der Waals surface area contributed by atoms with Crippen LogP contribution in [-0.4, -0.2) is 18.0 Å². The van der Waals surface area contributed by atoms with Gasteiger partial charge in [-0.05, 0) is 51.1 Å². The minimum absolute atomic E-state index is 0.578. The molecule has 0 aliphatic rings. The molecule has 1 aromatic heterocycles. The molecule has 1 heterocycles. The highest BCUT2D eigenvalue weighted by Gasteiger charge is 2.04. The predicted octanol–water partition coefficient (Wildman–Crippen LogP) is 4.19. The summed E-state index contributed by atoms with van der Waals surface area (Å²) in [7, 11) is 2.18. The predicted molar refractivity (Wildman–Crippen MR) is 92.6 cm³/mol. The van der Waals surface area contributed by atoms with Gasteiger partial charge in [0.2, 0.25) is 0 Å². The zero-order chi connectivity index (χ0) is 15.2. The first-order valence-electron chi connectivity index (χ1n) is 7.58. The van der Waals surface area contributed by atoms with Crippen molar-refractivity contribution in [2.75, 3.05) is 7.05 Å². The van der Waals surface area contributed by atoms with Crippen LogP contribution in [0.2, 0.25) is 0 Å². The number of thiophene rings is 1. The molecule has 0 aliphatic carbocycles. The molecular weight excluding hydrogens is 276 g/mol. The SMILES string of the molecule is Cc1ccc(CNCc2cccc(CN(C)C(C)C)c2)s1. The molecule has 0 amide bonds. The van der Waals surface area contributed by atoms with E-state index < -0.39 is 0 Å². The topological polar surface area (TPSA) is 15.3 Å². The van der Waals surface area contributed by atoms with E-state index >= 15 is 0 Å². The highest BCUT2D eigenvalue weighted by molar-refractivity contribution is 7.11. The Hall–Kier alpha value is -1.16. The fourth-order valence-electron chi connectivity index (χ4n) is 2.22. The molecule has 1 N–H and O–H groups in total. The second-order valence-corrected chi connectivity index (χ2v) is 7.32. The fourth-order valence-corrected chi connectivity index (χ4v) is 3.08. The standard InChI is InChI=1S/C18H26N2S/c1-14(2)20(4)13-17-7-5-6-16(10-17)11-19-12-18-9-8-15(3)21-18/h5-10,14,19H,11-13H2,1-4H3. The van der Waals surface area contributed by atoms with Gasteiger partial charge < -0.3 is 5.32 Å². The van der Waals surface area contributed by atoms with Gasteiger partial charge in [-0.15, -0.1) is 11.3 Å². The van der Waals surface area contributed by atoms with Crippen LogP contribution in [-0.2, 0) is 19.6 Å². The normalized spacial score (nSPS) is 11.5. The maximum Gasteiger partial charge on any atom is 0.0303 e. The zero-order valence-electron chi connectivity index (χ0n) is 13.5. The van der Waals surface area contributed by atoms with Crippen molar-refractivity contribution in [1.82, 2.24) is 10.2 Å². The van der Waals surface area contributed by atoms with Crippen LogP contribution in [0, 0.1) is 6.92 Å². The largest absolute Gasteiger partial charge is 0.308 e. The molecule has 0 unspecified atom stereocenters. The average Bonchev–Trinajstić information content (AvgIpc) is 2.85. The number of nitrogens with one attached hydrogen (secondary N) is 1. The van der Waals surface area contributed by atoms with Crippen LogP contribution < -0.4 is 5.32 Å². The summed E-state index contributed by atoms with van der Waals surface area (Å²) in [5.41, 5.74) is 2.75. The Bertz CT molecular complexity index is 560. The van der Waals surface area contributed by atoms with Crippen molar-refractivity contribution in [2.45, 2.75) is 46.4 Å². The molecule has 2 aromatic rings. The second-order valence-electron chi connectivity index (χ2n) is 5.94. The van der Waals surface area contributed by atoms with Crippen molar-refractivity contribution < 1.29 is 0 Å². The summed E-state index contributed by atoms with van der Waals surface area (Å²) >= 11 is 1.87. The van der Waals surface area contributed by atoms with Gasteiger partial charge in [0.1, 0.15) is 0 Å². The summed E-state index contributed by atoms with van der Waals surface area (Å²) in [6.45, 7) is 9.51. The van der Waals surface area contributed by atoms with Crippen molar-refractivity contribution in [3.8, 4) is 0 Å². The smallest absolute Gasteiger partial charge is 0.0303 e. The minimum Gasteiger partial charge on any atom is -0.308 e. The van der Waals surface area contributed by atoms with E-state index in [1.54, 1.807) is 0 Å². The van der Waals surface area contributed by atoms with Crippen molar-refractivity contribution in [2.24, 2.45) is 0 Å². The molecule has 0 spiro atoms. The summed E-state index contributed by atoms with van der Waals surface area (Å²) in [6.07, 6.45) is 0. The number of nitrogens with zero attached hydrogens (tertiary/aromatic N) is 1. The molecule has 0 saturated heterocycles. The van der Waals surface area contributed by atoms with Gasteiger partial charge in [0.05, 0.1) is 0 Å². The molecule has 2 rings (SSSR count). The van der Waals surface area contributed by atoms with Crippen molar-refractivity contribution in [3.63, 3.8) is 0 Å². The summed E-state index contributed by atoms with van der Waals surface area (Å²) in [4.78, 5) is 5.15. The number of hydrogen-bond donors (Lipinski definition) is 1. The lowest BCUT2D eigenvalue weighted by atomic mass is 10.1. The van der Waals surface area contributed by atoms with Crippen molar-refractivity contribution in [1.29, 1.82) is 0 Å². The van der Waals surface area contributed by atoms with Gasteiger partial charge in [-0.1, -0.05) is 24.3 Å².